The van der Waals surface area contributed by atoms with Gasteiger partial charge in [-0.2, -0.15) is 0 Å². The molecular weight excluding hydrogens is 426 g/mol. The quantitative estimate of drug-likeness (QED) is 0.364. The summed E-state index contributed by atoms with van der Waals surface area (Å²) < 4.78 is 4.80. The van der Waals surface area contributed by atoms with Crippen LogP contribution in [0.3, 0.4) is 0 Å². The van der Waals surface area contributed by atoms with Gasteiger partial charge in [-0.1, -0.05) is 64.9 Å². The fraction of sp³-hybridized carbons (Fsp3) is 0.143. The van der Waals surface area contributed by atoms with Gasteiger partial charge in [-0.25, -0.2) is 9.38 Å². The molecule has 0 aliphatic rings. The van der Waals surface area contributed by atoms with Crippen molar-refractivity contribution in [1.82, 2.24) is 14.0 Å². The summed E-state index contributed by atoms with van der Waals surface area (Å²) in [5.41, 5.74) is 8.90. The molecule has 3 aromatic carbocycles. The van der Waals surface area contributed by atoms with Gasteiger partial charge in [0.2, 0.25) is 0 Å². The van der Waals surface area contributed by atoms with Gasteiger partial charge >= 0.3 is 0 Å². The van der Waals surface area contributed by atoms with E-state index in [0.29, 0.717) is 4.53 Å². The lowest BCUT2D eigenvalue weighted by molar-refractivity contribution is 0.803. The third-order valence-electron chi connectivity index (χ3n) is 6.37. The molecule has 162 valence electrons. The van der Waals surface area contributed by atoms with Crippen LogP contribution in [-0.4, -0.2) is 14.0 Å². The normalized spacial score (nSPS) is 12.5. The van der Waals surface area contributed by atoms with E-state index in [4.69, 9.17) is 0 Å². The first-order valence-electron chi connectivity index (χ1n) is 11.1. The first-order valence-corrected chi connectivity index (χ1v) is 11.9. The highest BCUT2D eigenvalue weighted by molar-refractivity contribution is 7.15. The van der Waals surface area contributed by atoms with Gasteiger partial charge < -0.3 is 4.57 Å². The summed E-state index contributed by atoms with van der Waals surface area (Å²) >= 11 is 1.46. The van der Waals surface area contributed by atoms with E-state index in [-0.39, 0.29) is 5.56 Å². The van der Waals surface area contributed by atoms with Crippen molar-refractivity contribution in [1.29, 1.82) is 0 Å². The third kappa shape index (κ3) is 3.19. The van der Waals surface area contributed by atoms with Crippen LogP contribution in [0.15, 0.2) is 71.5 Å². The Morgan fingerprint density at radius 1 is 0.909 bits per heavy atom. The predicted molar refractivity (Wildman–Crippen MR) is 137 cm³/mol. The maximum atomic E-state index is 13.4. The highest BCUT2D eigenvalue weighted by atomic mass is 32.1. The lowest BCUT2D eigenvalue weighted by atomic mass is 10.1. The van der Waals surface area contributed by atoms with Gasteiger partial charge in [-0.3, -0.25) is 4.79 Å². The summed E-state index contributed by atoms with van der Waals surface area (Å²) in [4.78, 5) is 18.8. The standard InChI is InChI=1S/C28H23N3OS/c1-17-7-6-8-20(13-17)16-30-19(3)21(22-14-18(2)11-12-24(22)30)15-26-27(32)31-25-10-5-4-9-23(25)29-28(31)33-26/h4-15H,16H2,1-3H3/b26-15-. The van der Waals surface area contributed by atoms with Crippen LogP contribution < -0.4 is 10.1 Å². The van der Waals surface area contributed by atoms with Crippen LogP contribution in [0, 0.1) is 20.8 Å². The van der Waals surface area contributed by atoms with Crippen LogP contribution >= 0.6 is 11.3 Å². The van der Waals surface area contributed by atoms with Gasteiger partial charge in [0, 0.05) is 28.7 Å². The van der Waals surface area contributed by atoms with Crippen molar-refractivity contribution in [3.63, 3.8) is 0 Å². The van der Waals surface area contributed by atoms with Crippen molar-refractivity contribution in [3.8, 4) is 0 Å². The molecule has 0 unspecified atom stereocenters. The molecule has 0 spiro atoms. The maximum Gasteiger partial charge on any atom is 0.274 e. The second kappa shape index (κ2) is 7.42. The highest BCUT2D eigenvalue weighted by Gasteiger charge is 2.15. The number of aromatic nitrogens is 3. The molecule has 3 heterocycles. The number of nitrogens with zero attached hydrogens (tertiary/aromatic N) is 3. The molecule has 33 heavy (non-hydrogen) atoms. The third-order valence-corrected chi connectivity index (χ3v) is 7.34. The molecular formula is C28H23N3OS. The van der Waals surface area contributed by atoms with Gasteiger partial charge in [0.1, 0.15) is 0 Å². The molecule has 4 nitrogen and oxygen atoms in total. The highest BCUT2D eigenvalue weighted by Crippen LogP contribution is 2.29. The Balaban J connectivity index is 1.59. The number of rotatable bonds is 3. The summed E-state index contributed by atoms with van der Waals surface area (Å²) in [6.07, 6.45) is 2.06. The number of hydrogen-bond donors (Lipinski definition) is 0. The van der Waals surface area contributed by atoms with Crippen LogP contribution in [0.5, 0.6) is 0 Å². The molecule has 0 aliphatic carbocycles. The van der Waals surface area contributed by atoms with Crippen molar-refractivity contribution < 1.29 is 0 Å². The number of thiazole rings is 1. The molecule has 0 saturated heterocycles. The topological polar surface area (TPSA) is 39.3 Å². The van der Waals surface area contributed by atoms with Crippen LogP contribution in [0.2, 0.25) is 0 Å². The van der Waals surface area contributed by atoms with Gasteiger partial charge in [-0.15, -0.1) is 0 Å². The lowest BCUT2D eigenvalue weighted by Crippen LogP contribution is -2.22. The maximum absolute atomic E-state index is 13.4. The second-order valence-electron chi connectivity index (χ2n) is 8.73. The van der Waals surface area contributed by atoms with E-state index in [1.807, 2.05) is 24.3 Å². The second-order valence-corrected chi connectivity index (χ2v) is 9.74. The Hall–Kier alpha value is -3.70. The minimum atomic E-state index is -0.00432. The molecule has 0 atom stereocenters. The van der Waals surface area contributed by atoms with E-state index in [0.717, 1.165) is 33.8 Å². The fourth-order valence-electron chi connectivity index (χ4n) is 4.74. The average molecular weight is 450 g/mol. The zero-order chi connectivity index (χ0) is 22.7. The number of benzene rings is 3. The molecule has 0 bridgehead atoms. The Labute approximate surface area is 195 Å². The smallest absolute Gasteiger partial charge is 0.274 e. The molecule has 5 heteroatoms. The van der Waals surface area contributed by atoms with Crippen LogP contribution in [0.4, 0.5) is 0 Å². The van der Waals surface area contributed by atoms with Crippen LogP contribution in [-0.2, 0) is 6.54 Å². The van der Waals surface area contributed by atoms with Gasteiger partial charge in [-0.05, 0) is 56.7 Å². The number of para-hydroxylation sites is 2. The Morgan fingerprint density at radius 2 is 1.73 bits per heavy atom. The summed E-state index contributed by atoms with van der Waals surface area (Å²) in [5.74, 6) is 0. The molecule has 6 aromatic rings. The van der Waals surface area contributed by atoms with Crippen molar-refractivity contribution in [2.45, 2.75) is 27.3 Å². The number of aryl methyl sites for hydroxylation is 2. The molecule has 3 aromatic heterocycles. The van der Waals surface area contributed by atoms with E-state index in [2.05, 4.69) is 78.9 Å². The molecule has 0 amide bonds. The van der Waals surface area contributed by atoms with Crippen LogP contribution in [0.25, 0.3) is 33.0 Å². The van der Waals surface area contributed by atoms with E-state index < -0.39 is 0 Å². The van der Waals surface area contributed by atoms with Crippen LogP contribution in [0.1, 0.15) is 27.9 Å². The molecule has 0 aliphatic heterocycles. The molecule has 0 N–H and O–H groups in total. The van der Waals surface area contributed by atoms with Gasteiger partial charge in [0.05, 0.1) is 15.6 Å². The zero-order valence-corrected chi connectivity index (χ0v) is 19.6. The van der Waals surface area contributed by atoms with E-state index >= 15 is 0 Å². The SMILES string of the molecule is Cc1cccc(Cn2c(C)c(/C=c3\sc4nc5ccccc5n4c3=O)c3cc(C)ccc32)c1. The van der Waals surface area contributed by atoms with Gasteiger partial charge in [0.25, 0.3) is 5.56 Å². The minimum Gasteiger partial charge on any atom is -0.340 e. The Morgan fingerprint density at radius 3 is 2.58 bits per heavy atom. The minimum absolute atomic E-state index is 0.00432. The van der Waals surface area contributed by atoms with Crippen molar-refractivity contribution in [2.24, 2.45) is 0 Å². The summed E-state index contributed by atoms with van der Waals surface area (Å²) in [6.45, 7) is 7.18. The van der Waals surface area contributed by atoms with E-state index in [1.54, 1.807) is 4.40 Å². The van der Waals surface area contributed by atoms with E-state index in [1.165, 1.54) is 38.9 Å². The first-order chi connectivity index (χ1) is 16.0. The van der Waals surface area contributed by atoms with Crippen molar-refractivity contribution in [3.05, 3.63) is 110 Å². The molecule has 0 saturated carbocycles. The van der Waals surface area contributed by atoms with E-state index in [9.17, 15) is 4.79 Å². The van der Waals surface area contributed by atoms with Crippen molar-refractivity contribution >= 4 is 44.3 Å². The zero-order valence-electron chi connectivity index (χ0n) is 18.8. The molecule has 0 fully saturated rings. The summed E-state index contributed by atoms with van der Waals surface area (Å²) in [5, 5.41) is 1.18. The fourth-order valence-corrected chi connectivity index (χ4v) is 5.71. The number of imidazole rings is 1. The summed E-state index contributed by atoms with van der Waals surface area (Å²) in [7, 11) is 0. The average Bonchev–Trinajstić information content (AvgIpc) is 3.39. The van der Waals surface area contributed by atoms with Gasteiger partial charge in [0.15, 0.2) is 4.96 Å². The molecule has 0 radical (unpaired) electrons. The predicted octanol–water partition coefficient (Wildman–Crippen LogP) is 5.39. The number of fused-ring (bicyclic) bond motifs is 4. The van der Waals surface area contributed by atoms with Crippen molar-refractivity contribution in [2.75, 3.05) is 0 Å². The monoisotopic (exact) mass is 449 g/mol. The Kier molecular flexibility index (Phi) is 4.49. The first kappa shape index (κ1) is 19.9. The number of hydrogen-bond acceptors (Lipinski definition) is 3. The lowest BCUT2D eigenvalue weighted by Gasteiger charge is -2.09. The summed E-state index contributed by atoms with van der Waals surface area (Å²) in [6, 6.07) is 23.0. The largest absolute Gasteiger partial charge is 0.340 e. The molecule has 6 rings (SSSR count). The Bertz CT molecular complexity index is 1800.